The second kappa shape index (κ2) is 11.2. The molecule has 0 aromatic heterocycles. The third kappa shape index (κ3) is 5.09. The molecule has 0 bridgehead atoms. The summed E-state index contributed by atoms with van der Waals surface area (Å²) < 4.78 is 26.4. The molecule has 16 nitrogen and oxygen atoms in total. The zero-order valence-electron chi connectivity index (χ0n) is 17.8. The van der Waals surface area contributed by atoms with Crippen LogP contribution >= 0.6 is 0 Å². The van der Waals surface area contributed by atoms with E-state index >= 15 is 0 Å². The van der Waals surface area contributed by atoms with Crippen molar-refractivity contribution in [1.29, 1.82) is 0 Å². The standard InChI is InChI=1S/C18H32O16/c19-1-5-8(22)11(25)13(27)16(31-5)30-3-7-10(24)15(29)18(4-21,33-7)34-17-14(28)12(26)9(23)6(2-20)32-17/h5-17,19-29H,1-4H2/t5-,6-,7-,8+,9-,10-,11+,12+,13-,14-,15+,16-,17-,18+/m1/s1. The lowest BCUT2D eigenvalue weighted by Crippen LogP contribution is -2.62. The predicted octanol–water partition coefficient (Wildman–Crippen LogP) is -7.57. The first kappa shape index (κ1) is 27.9. The zero-order chi connectivity index (χ0) is 25.4. The maximum atomic E-state index is 10.5. The van der Waals surface area contributed by atoms with E-state index in [2.05, 4.69) is 0 Å². The first-order valence-corrected chi connectivity index (χ1v) is 10.6. The summed E-state index contributed by atoms with van der Waals surface area (Å²) in [6.07, 6.45) is -21.6. The summed E-state index contributed by atoms with van der Waals surface area (Å²) in [7, 11) is 0. The Morgan fingerprint density at radius 1 is 0.588 bits per heavy atom. The molecule has 3 aliphatic heterocycles. The molecule has 0 amide bonds. The smallest absolute Gasteiger partial charge is 0.224 e. The quantitative estimate of drug-likeness (QED) is 0.146. The molecule has 3 rings (SSSR count). The summed E-state index contributed by atoms with van der Waals surface area (Å²) in [6.45, 7) is -3.16. The van der Waals surface area contributed by atoms with Crippen LogP contribution in [0.4, 0.5) is 0 Å². The van der Waals surface area contributed by atoms with E-state index in [-0.39, 0.29) is 0 Å². The van der Waals surface area contributed by atoms with Crippen LogP contribution in [-0.4, -0.2) is 168 Å². The fourth-order valence-corrected chi connectivity index (χ4v) is 4.01. The lowest BCUT2D eigenvalue weighted by Gasteiger charge is -2.43. The van der Waals surface area contributed by atoms with Crippen molar-refractivity contribution in [2.45, 2.75) is 85.5 Å². The van der Waals surface area contributed by atoms with Gasteiger partial charge >= 0.3 is 0 Å². The minimum absolute atomic E-state index is 0.610. The van der Waals surface area contributed by atoms with E-state index in [0.29, 0.717) is 0 Å². The maximum absolute atomic E-state index is 10.5. The molecule has 200 valence electrons. The summed E-state index contributed by atoms with van der Waals surface area (Å²) in [5, 5.41) is 109. The highest BCUT2D eigenvalue weighted by Crippen LogP contribution is 2.36. The third-order valence-electron chi connectivity index (χ3n) is 6.16. The van der Waals surface area contributed by atoms with Crippen LogP contribution in [0, 0.1) is 0 Å². The van der Waals surface area contributed by atoms with Crippen molar-refractivity contribution in [2.24, 2.45) is 0 Å². The number of aliphatic hydroxyl groups is 11. The minimum Gasteiger partial charge on any atom is -0.394 e. The molecule has 14 atom stereocenters. The average Bonchev–Trinajstić information content (AvgIpc) is 3.07. The van der Waals surface area contributed by atoms with Gasteiger partial charge in [0.25, 0.3) is 0 Å². The van der Waals surface area contributed by atoms with Crippen LogP contribution in [0.5, 0.6) is 0 Å². The SMILES string of the molecule is OC[C@H]1O[C@@H](OC[C@H]2O[C@@](CO)(O[C@H]3O[C@H](CO)[C@@H](O)[C@H](O)[C@H]3O)[C@@H](O)[C@@H]2O)[C@H](O)[C@@H](O)[C@H]1O. The molecular formula is C18H32O16. The predicted molar refractivity (Wildman–Crippen MR) is 101 cm³/mol. The van der Waals surface area contributed by atoms with Crippen LogP contribution in [0.25, 0.3) is 0 Å². The van der Waals surface area contributed by atoms with E-state index in [1.165, 1.54) is 0 Å². The number of ether oxygens (including phenoxy) is 5. The van der Waals surface area contributed by atoms with Crippen LogP contribution in [0.2, 0.25) is 0 Å². The van der Waals surface area contributed by atoms with Crippen molar-refractivity contribution in [2.75, 3.05) is 26.4 Å². The Morgan fingerprint density at radius 2 is 1.09 bits per heavy atom. The molecule has 0 aliphatic carbocycles. The molecule has 0 radical (unpaired) electrons. The van der Waals surface area contributed by atoms with Gasteiger partial charge in [-0.15, -0.1) is 0 Å². The van der Waals surface area contributed by atoms with Crippen molar-refractivity contribution in [3.63, 3.8) is 0 Å². The van der Waals surface area contributed by atoms with Gasteiger partial charge in [0.1, 0.15) is 73.8 Å². The van der Waals surface area contributed by atoms with Gasteiger partial charge in [0.15, 0.2) is 12.6 Å². The fourth-order valence-electron chi connectivity index (χ4n) is 4.01. The van der Waals surface area contributed by atoms with Crippen LogP contribution in [0.1, 0.15) is 0 Å². The first-order chi connectivity index (χ1) is 16.0. The lowest BCUT2D eigenvalue weighted by molar-refractivity contribution is -0.385. The fraction of sp³-hybridized carbons (Fsp3) is 1.00. The number of aliphatic hydroxyl groups excluding tert-OH is 11. The zero-order valence-corrected chi connectivity index (χ0v) is 17.8. The molecule has 0 aromatic carbocycles. The normalized spacial score (nSPS) is 52.1. The van der Waals surface area contributed by atoms with Gasteiger partial charge in [0.2, 0.25) is 5.79 Å². The molecule has 3 heterocycles. The summed E-state index contributed by atoms with van der Waals surface area (Å²) in [5.74, 6) is -2.41. The van der Waals surface area contributed by atoms with Crippen molar-refractivity contribution in [3.05, 3.63) is 0 Å². The lowest BCUT2D eigenvalue weighted by atomic mass is 9.99. The van der Waals surface area contributed by atoms with Crippen molar-refractivity contribution in [1.82, 2.24) is 0 Å². The molecule has 0 unspecified atom stereocenters. The van der Waals surface area contributed by atoms with Gasteiger partial charge < -0.3 is 79.9 Å². The molecule has 3 aliphatic rings. The van der Waals surface area contributed by atoms with Crippen LogP contribution < -0.4 is 0 Å². The Labute approximate surface area is 192 Å². The van der Waals surface area contributed by atoms with Crippen molar-refractivity contribution < 1.29 is 79.9 Å². The third-order valence-corrected chi connectivity index (χ3v) is 6.16. The molecule has 11 N–H and O–H groups in total. The topological polar surface area (TPSA) is 269 Å². The molecule has 0 aromatic rings. The second-order valence-corrected chi connectivity index (χ2v) is 8.41. The molecule has 3 saturated heterocycles. The van der Waals surface area contributed by atoms with E-state index in [9.17, 15) is 56.2 Å². The van der Waals surface area contributed by atoms with Gasteiger partial charge in [-0.1, -0.05) is 0 Å². The average molecular weight is 504 g/mol. The molecular weight excluding hydrogens is 472 g/mol. The number of hydrogen-bond donors (Lipinski definition) is 11. The van der Waals surface area contributed by atoms with Crippen LogP contribution in [0.15, 0.2) is 0 Å². The Morgan fingerprint density at radius 3 is 1.59 bits per heavy atom. The number of hydrogen-bond acceptors (Lipinski definition) is 16. The van der Waals surface area contributed by atoms with Gasteiger partial charge in [-0.25, -0.2) is 0 Å². The van der Waals surface area contributed by atoms with Gasteiger partial charge in [-0.2, -0.15) is 0 Å². The molecule has 0 saturated carbocycles. The summed E-state index contributed by atoms with van der Waals surface area (Å²) in [4.78, 5) is 0. The number of rotatable bonds is 8. The molecule has 0 spiro atoms. The Kier molecular flexibility index (Phi) is 9.18. The highest BCUT2D eigenvalue weighted by Gasteiger charge is 2.59. The summed E-state index contributed by atoms with van der Waals surface area (Å²) in [5.41, 5.74) is 0. The van der Waals surface area contributed by atoms with Gasteiger partial charge in [0, 0.05) is 0 Å². The summed E-state index contributed by atoms with van der Waals surface area (Å²) >= 11 is 0. The van der Waals surface area contributed by atoms with Crippen LogP contribution in [-0.2, 0) is 23.7 Å². The Bertz CT molecular complexity index is 651. The van der Waals surface area contributed by atoms with Crippen LogP contribution in [0.3, 0.4) is 0 Å². The molecule has 16 heteroatoms. The Balaban J connectivity index is 1.67. The summed E-state index contributed by atoms with van der Waals surface area (Å²) in [6, 6.07) is 0. The Hall–Kier alpha value is -0.640. The van der Waals surface area contributed by atoms with E-state index in [4.69, 9.17) is 23.7 Å². The van der Waals surface area contributed by atoms with Gasteiger partial charge in [-0.05, 0) is 0 Å². The largest absolute Gasteiger partial charge is 0.394 e. The second-order valence-electron chi connectivity index (χ2n) is 8.41. The van der Waals surface area contributed by atoms with E-state index in [1.54, 1.807) is 0 Å². The first-order valence-electron chi connectivity index (χ1n) is 10.6. The monoisotopic (exact) mass is 504 g/mol. The molecule has 34 heavy (non-hydrogen) atoms. The van der Waals surface area contributed by atoms with E-state index in [1.807, 2.05) is 0 Å². The highest BCUT2D eigenvalue weighted by atomic mass is 16.8. The van der Waals surface area contributed by atoms with E-state index < -0.39 is 112 Å². The van der Waals surface area contributed by atoms with Gasteiger partial charge in [-0.3, -0.25) is 0 Å². The minimum atomic E-state index is -2.41. The maximum Gasteiger partial charge on any atom is 0.224 e. The van der Waals surface area contributed by atoms with Crippen molar-refractivity contribution in [3.8, 4) is 0 Å². The van der Waals surface area contributed by atoms with E-state index in [0.717, 1.165) is 0 Å². The molecule has 3 fully saturated rings. The van der Waals surface area contributed by atoms with Gasteiger partial charge in [0.05, 0.1) is 19.8 Å². The van der Waals surface area contributed by atoms with Crippen molar-refractivity contribution >= 4 is 0 Å². The highest BCUT2D eigenvalue weighted by molar-refractivity contribution is 4.99.